The number of likely N-dealkylation sites (tertiary alicyclic amines) is 1. The molecule has 1 fully saturated rings. The number of hydrogen-bond acceptors (Lipinski definition) is 4. The van der Waals surface area contributed by atoms with Gasteiger partial charge >= 0.3 is 0 Å². The highest BCUT2D eigenvalue weighted by Gasteiger charge is 2.31. The van der Waals surface area contributed by atoms with Gasteiger partial charge in [-0.25, -0.2) is 0 Å². The molecule has 7 nitrogen and oxygen atoms in total. The molecule has 7 heteroatoms. The monoisotopic (exact) mass is 342 g/mol. The number of aliphatic hydroxyl groups is 1. The van der Waals surface area contributed by atoms with E-state index in [9.17, 15) is 14.7 Å². The van der Waals surface area contributed by atoms with E-state index in [1.807, 2.05) is 31.2 Å². The van der Waals surface area contributed by atoms with Crippen LogP contribution in [0.25, 0.3) is 0 Å². The van der Waals surface area contributed by atoms with Crippen molar-refractivity contribution >= 4 is 11.8 Å². The van der Waals surface area contributed by atoms with Gasteiger partial charge in [-0.1, -0.05) is 18.2 Å². The molecule has 0 unspecified atom stereocenters. The van der Waals surface area contributed by atoms with Gasteiger partial charge in [0.05, 0.1) is 17.8 Å². The Kier molecular flexibility index (Phi) is 5.14. The molecule has 2 heterocycles. The fourth-order valence-corrected chi connectivity index (χ4v) is 3.00. The fourth-order valence-electron chi connectivity index (χ4n) is 3.00. The van der Waals surface area contributed by atoms with Crippen molar-refractivity contribution in [2.45, 2.75) is 32.0 Å². The number of carbonyl (C=O) groups excluding carboxylic acids is 2. The largest absolute Gasteiger partial charge is 0.389 e. The molecule has 2 aromatic rings. The number of carbonyl (C=O) groups is 2. The topological polar surface area (TPSA) is 87.5 Å². The van der Waals surface area contributed by atoms with Crippen molar-refractivity contribution in [2.75, 3.05) is 13.1 Å². The number of nitrogens with one attached hydrogen (secondary N) is 1. The highest BCUT2D eigenvalue weighted by Crippen LogP contribution is 2.15. The van der Waals surface area contributed by atoms with Crippen molar-refractivity contribution in [1.82, 2.24) is 20.0 Å². The van der Waals surface area contributed by atoms with Crippen LogP contribution in [0.1, 0.15) is 22.5 Å². The molecule has 1 aliphatic rings. The van der Waals surface area contributed by atoms with E-state index in [2.05, 4.69) is 10.4 Å². The zero-order chi connectivity index (χ0) is 17.8. The lowest BCUT2D eigenvalue weighted by molar-refractivity contribution is -0.124. The first-order valence-corrected chi connectivity index (χ1v) is 8.35. The maximum Gasteiger partial charge on any atom is 0.253 e. The maximum absolute atomic E-state index is 12.4. The summed E-state index contributed by atoms with van der Waals surface area (Å²) < 4.78 is 1.56. The number of benzene rings is 1. The van der Waals surface area contributed by atoms with E-state index in [1.165, 1.54) is 0 Å². The minimum Gasteiger partial charge on any atom is -0.389 e. The fraction of sp³-hybridized carbons (Fsp3) is 0.389. The summed E-state index contributed by atoms with van der Waals surface area (Å²) in [6.45, 7) is 2.68. The zero-order valence-corrected chi connectivity index (χ0v) is 14.1. The highest BCUT2D eigenvalue weighted by atomic mass is 16.3. The van der Waals surface area contributed by atoms with Crippen LogP contribution in [0.4, 0.5) is 0 Å². The molecule has 1 aromatic heterocycles. The lowest BCUT2D eigenvalue weighted by atomic mass is 10.0. The summed E-state index contributed by atoms with van der Waals surface area (Å²) in [6, 6.07) is 10.5. The van der Waals surface area contributed by atoms with Crippen molar-refractivity contribution in [3.8, 4) is 0 Å². The molecule has 0 saturated carbocycles. The summed E-state index contributed by atoms with van der Waals surface area (Å²) in [5.41, 5.74) is 1.45. The summed E-state index contributed by atoms with van der Waals surface area (Å²) in [5.74, 6) is -0.300. The van der Waals surface area contributed by atoms with Gasteiger partial charge in [0.15, 0.2) is 0 Å². The van der Waals surface area contributed by atoms with Crippen LogP contribution in [0.3, 0.4) is 0 Å². The van der Waals surface area contributed by atoms with E-state index >= 15 is 0 Å². The molecule has 2 atom stereocenters. The summed E-state index contributed by atoms with van der Waals surface area (Å²) in [4.78, 5) is 26.2. The van der Waals surface area contributed by atoms with Crippen LogP contribution in [0.15, 0.2) is 42.6 Å². The smallest absolute Gasteiger partial charge is 0.253 e. The number of β-amino-alcohol motifs (C(OH)–C–C–N with tert-alkyl or cyclic N) is 1. The molecule has 3 rings (SSSR count). The molecule has 132 valence electrons. The minimum absolute atomic E-state index is 0.101. The molecule has 2 amide bonds. The van der Waals surface area contributed by atoms with Gasteiger partial charge in [-0.3, -0.25) is 14.3 Å². The Morgan fingerprint density at radius 1 is 1.28 bits per heavy atom. The van der Waals surface area contributed by atoms with Crippen LogP contribution in [-0.2, 0) is 11.3 Å². The Labute approximate surface area is 146 Å². The molecule has 0 bridgehead atoms. The molecule has 0 radical (unpaired) electrons. The average molecular weight is 342 g/mol. The quantitative estimate of drug-likeness (QED) is 0.851. The summed E-state index contributed by atoms with van der Waals surface area (Å²) in [5, 5.41) is 17.3. The van der Waals surface area contributed by atoms with E-state index in [-0.39, 0.29) is 30.9 Å². The first-order chi connectivity index (χ1) is 12.0. The van der Waals surface area contributed by atoms with Gasteiger partial charge in [0.1, 0.15) is 6.54 Å². The summed E-state index contributed by atoms with van der Waals surface area (Å²) >= 11 is 0. The third kappa shape index (κ3) is 4.24. The Balaban J connectivity index is 1.53. The predicted molar refractivity (Wildman–Crippen MR) is 91.9 cm³/mol. The third-order valence-corrected chi connectivity index (χ3v) is 4.32. The van der Waals surface area contributed by atoms with E-state index in [1.54, 1.807) is 27.9 Å². The van der Waals surface area contributed by atoms with Crippen molar-refractivity contribution < 1.29 is 14.7 Å². The number of rotatable bonds is 4. The van der Waals surface area contributed by atoms with Gasteiger partial charge in [0, 0.05) is 24.8 Å². The normalized spacial score (nSPS) is 20.3. The molecule has 0 aliphatic carbocycles. The van der Waals surface area contributed by atoms with Gasteiger partial charge in [0.25, 0.3) is 5.91 Å². The summed E-state index contributed by atoms with van der Waals surface area (Å²) in [7, 11) is 0. The lowest BCUT2D eigenvalue weighted by Crippen LogP contribution is -2.55. The van der Waals surface area contributed by atoms with Crippen molar-refractivity contribution in [1.29, 1.82) is 0 Å². The number of aliphatic hydroxyl groups excluding tert-OH is 1. The minimum atomic E-state index is -0.787. The Hall–Kier alpha value is -2.67. The SMILES string of the molecule is Cc1ccn(CC(=O)N[C@@H]2CCN(C(=O)c3ccccc3)C[C@H]2O)n1. The van der Waals surface area contributed by atoms with Gasteiger partial charge in [0.2, 0.25) is 5.91 Å². The van der Waals surface area contributed by atoms with Crippen LogP contribution in [-0.4, -0.2) is 56.8 Å². The van der Waals surface area contributed by atoms with Gasteiger partial charge in [-0.05, 0) is 31.5 Å². The standard InChI is InChI=1S/C18H22N4O3/c1-13-7-10-22(20-13)12-17(24)19-15-8-9-21(11-16(15)23)18(25)14-5-3-2-4-6-14/h2-7,10,15-16,23H,8-9,11-12H2,1H3,(H,19,24)/t15-,16-/m1/s1. The van der Waals surface area contributed by atoms with Gasteiger partial charge < -0.3 is 15.3 Å². The number of piperidine rings is 1. The molecule has 1 aromatic carbocycles. The van der Waals surface area contributed by atoms with Crippen LogP contribution < -0.4 is 5.32 Å². The molecule has 25 heavy (non-hydrogen) atoms. The second kappa shape index (κ2) is 7.48. The molecular weight excluding hydrogens is 320 g/mol. The number of aryl methyl sites for hydroxylation is 1. The van der Waals surface area contributed by atoms with Crippen molar-refractivity contribution in [2.24, 2.45) is 0 Å². The Morgan fingerprint density at radius 2 is 2.04 bits per heavy atom. The lowest BCUT2D eigenvalue weighted by Gasteiger charge is -2.36. The third-order valence-electron chi connectivity index (χ3n) is 4.32. The number of nitrogens with zero attached hydrogens (tertiary/aromatic N) is 3. The van der Waals surface area contributed by atoms with E-state index in [0.717, 1.165) is 5.69 Å². The number of amides is 2. The number of hydrogen-bond donors (Lipinski definition) is 2. The van der Waals surface area contributed by atoms with Crippen molar-refractivity contribution in [3.05, 3.63) is 53.9 Å². The van der Waals surface area contributed by atoms with Crippen LogP contribution >= 0.6 is 0 Å². The van der Waals surface area contributed by atoms with E-state index in [4.69, 9.17) is 0 Å². The van der Waals surface area contributed by atoms with Crippen LogP contribution in [0, 0.1) is 6.92 Å². The van der Waals surface area contributed by atoms with Crippen molar-refractivity contribution in [3.63, 3.8) is 0 Å². The predicted octanol–water partition coefficient (Wildman–Crippen LogP) is 0.583. The number of aromatic nitrogens is 2. The van der Waals surface area contributed by atoms with Gasteiger partial charge in [-0.15, -0.1) is 0 Å². The summed E-state index contributed by atoms with van der Waals surface area (Å²) in [6.07, 6.45) is 1.47. The second-order valence-corrected chi connectivity index (χ2v) is 6.30. The molecule has 0 spiro atoms. The molecule has 1 saturated heterocycles. The first-order valence-electron chi connectivity index (χ1n) is 8.35. The molecule has 2 N–H and O–H groups in total. The van der Waals surface area contributed by atoms with E-state index < -0.39 is 6.10 Å². The highest BCUT2D eigenvalue weighted by molar-refractivity contribution is 5.94. The van der Waals surface area contributed by atoms with Crippen LogP contribution in [0.2, 0.25) is 0 Å². The Morgan fingerprint density at radius 3 is 2.68 bits per heavy atom. The van der Waals surface area contributed by atoms with Crippen LogP contribution in [0.5, 0.6) is 0 Å². The maximum atomic E-state index is 12.4. The molecular formula is C18H22N4O3. The second-order valence-electron chi connectivity index (χ2n) is 6.30. The molecule has 1 aliphatic heterocycles. The Bertz CT molecular complexity index is 744. The van der Waals surface area contributed by atoms with Gasteiger partial charge in [-0.2, -0.15) is 5.10 Å². The average Bonchev–Trinajstić information content (AvgIpc) is 3.01. The zero-order valence-electron chi connectivity index (χ0n) is 14.1. The van der Waals surface area contributed by atoms with E-state index in [0.29, 0.717) is 18.5 Å². The first kappa shape index (κ1) is 17.2.